The van der Waals surface area contributed by atoms with E-state index < -0.39 is 5.54 Å². The number of amides is 1. The molecule has 0 unspecified atom stereocenters. The maximum absolute atomic E-state index is 11.5. The molecular formula is C13H20N2O. The van der Waals surface area contributed by atoms with Crippen LogP contribution in [-0.4, -0.2) is 11.4 Å². The number of benzene rings is 1. The molecule has 0 aliphatic heterocycles. The van der Waals surface area contributed by atoms with Crippen molar-refractivity contribution in [3.63, 3.8) is 0 Å². The molecule has 3 N–H and O–H groups in total. The second-order valence-electron chi connectivity index (χ2n) is 4.14. The summed E-state index contributed by atoms with van der Waals surface area (Å²) in [6, 6.07) is 7.97. The predicted octanol–water partition coefficient (Wildman–Crippen LogP) is 2.45. The number of nitrogens with one attached hydrogen (secondary N) is 1. The van der Waals surface area contributed by atoms with Gasteiger partial charge in [-0.2, -0.15) is 0 Å². The van der Waals surface area contributed by atoms with E-state index in [2.05, 4.69) is 5.32 Å². The van der Waals surface area contributed by atoms with Crippen LogP contribution < -0.4 is 11.1 Å². The van der Waals surface area contributed by atoms with Gasteiger partial charge >= 0.3 is 0 Å². The highest BCUT2D eigenvalue weighted by atomic mass is 16.1. The number of carbonyl (C=O) groups excluding carboxylic acids is 1. The first-order chi connectivity index (χ1) is 7.54. The molecule has 3 heteroatoms. The normalized spacial score (nSPS) is 11.2. The molecule has 16 heavy (non-hydrogen) atoms. The summed E-state index contributed by atoms with van der Waals surface area (Å²) in [6.45, 7) is 5.97. The number of hydrogen-bond donors (Lipinski definition) is 2. The topological polar surface area (TPSA) is 55.1 Å². The first-order valence-corrected chi connectivity index (χ1v) is 5.69. The molecule has 1 amide bonds. The van der Waals surface area contributed by atoms with Crippen LogP contribution in [0.15, 0.2) is 24.3 Å². The highest BCUT2D eigenvalue weighted by Gasteiger charge is 2.32. The van der Waals surface area contributed by atoms with Crippen molar-refractivity contribution < 1.29 is 4.79 Å². The minimum absolute atomic E-state index is 0.293. The van der Waals surface area contributed by atoms with Crippen molar-refractivity contribution in [2.24, 2.45) is 5.73 Å². The monoisotopic (exact) mass is 220 g/mol. The number of anilines is 1. The Labute approximate surface area is 97.0 Å². The minimum atomic E-state index is -0.630. The lowest BCUT2D eigenvalue weighted by molar-refractivity contribution is -0.122. The van der Waals surface area contributed by atoms with Gasteiger partial charge < -0.3 is 11.1 Å². The number of hydrogen-bond acceptors (Lipinski definition) is 2. The summed E-state index contributed by atoms with van der Waals surface area (Å²) in [7, 11) is 0. The fourth-order valence-corrected chi connectivity index (χ4v) is 1.75. The molecule has 0 aliphatic rings. The smallest absolute Gasteiger partial charge is 0.243 e. The zero-order valence-electron chi connectivity index (χ0n) is 10.2. The third kappa shape index (κ3) is 2.54. The van der Waals surface area contributed by atoms with Crippen LogP contribution in [0, 0.1) is 6.92 Å². The molecule has 0 fully saturated rings. The Balaban J connectivity index is 2.91. The Hall–Kier alpha value is -1.51. The van der Waals surface area contributed by atoms with Crippen molar-refractivity contribution in [2.75, 3.05) is 5.32 Å². The van der Waals surface area contributed by atoms with E-state index in [0.717, 1.165) is 5.69 Å². The Morgan fingerprint density at radius 3 is 2.12 bits per heavy atom. The van der Waals surface area contributed by atoms with Gasteiger partial charge in [-0.05, 0) is 31.9 Å². The molecule has 0 bridgehead atoms. The predicted molar refractivity (Wildman–Crippen MR) is 67.3 cm³/mol. The van der Waals surface area contributed by atoms with Gasteiger partial charge in [-0.25, -0.2) is 0 Å². The molecule has 0 spiro atoms. The lowest BCUT2D eigenvalue weighted by atomic mass is 9.91. The second-order valence-corrected chi connectivity index (χ2v) is 4.14. The van der Waals surface area contributed by atoms with Gasteiger partial charge in [0.15, 0.2) is 0 Å². The first kappa shape index (κ1) is 12.6. The summed E-state index contributed by atoms with van der Waals surface area (Å²) in [5, 5.41) is 3.24. The number of aryl methyl sites for hydroxylation is 1. The van der Waals surface area contributed by atoms with Crippen LogP contribution >= 0.6 is 0 Å². The number of nitrogens with two attached hydrogens (primary N) is 1. The quantitative estimate of drug-likeness (QED) is 0.800. The zero-order valence-corrected chi connectivity index (χ0v) is 10.2. The minimum Gasteiger partial charge on any atom is -0.371 e. The average Bonchev–Trinajstić information content (AvgIpc) is 2.28. The third-order valence-corrected chi connectivity index (χ3v) is 3.11. The standard InChI is InChI=1S/C13H20N2O/c1-4-13(5-2,12(14)16)15-11-8-6-10(3)7-9-11/h6-9,15H,4-5H2,1-3H3,(H2,14,16). The van der Waals surface area contributed by atoms with E-state index >= 15 is 0 Å². The molecule has 0 saturated carbocycles. The summed E-state index contributed by atoms with van der Waals surface area (Å²) in [5.74, 6) is -0.293. The van der Waals surface area contributed by atoms with Crippen LogP contribution in [0.25, 0.3) is 0 Å². The lowest BCUT2D eigenvalue weighted by Crippen LogP contribution is -2.49. The second kappa shape index (κ2) is 5.01. The Bertz CT molecular complexity index is 353. The molecule has 0 aromatic heterocycles. The molecule has 0 saturated heterocycles. The van der Waals surface area contributed by atoms with Gasteiger partial charge in [-0.15, -0.1) is 0 Å². The third-order valence-electron chi connectivity index (χ3n) is 3.11. The van der Waals surface area contributed by atoms with E-state index in [0.29, 0.717) is 12.8 Å². The van der Waals surface area contributed by atoms with Crippen molar-refractivity contribution in [1.82, 2.24) is 0 Å². The van der Waals surface area contributed by atoms with E-state index in [-0.39, 0.29) is 5.91 Å². The molecule has 1 rings (SSSR count). The van der Waals surface area contributed by atoms with Crippen LogP contribution in [-0.2, 0) is 4.79 Å². The number of rotatable bonds is 5. The number of primary amides is 1. The summed E-state index contributed by atoms with van der Waals surface area (Å²) in [4.78, 5) is 11.5. The van der Waals surface area contributed by atoms with E-state index in [1.165, 1.54) is 5.56 Å². The van der Waals surface area contributed by atoms with Crippen LogP contribution in [0.2, 0.25) is 0 Å². The Morgan fingerprint density at radius 2 is 1.75 bits per heavy atom. The SMILES string of the molecule is CCC(CC)(Nc1ccc(C)cc1)C(N)=O. The number of carbonyl (C=O) groups is 1. The van der Waals surface area contributed by atoms with Crippen LogP contribution in [0.1, 0.15) is 32.3 Å². The van der Waals surface area contributed by atoms with E-state index in [4.69, 9.17) is 5.73 Å². The summed E-state index contributed by atoms with van der Waals surface area (Å²) in [6.07, 6.45) is 1.37. The summed E-state index contributed by atoms with van der Waals surface area (Å²) < 4.78 is 0. The van der Waals surface area contributed by atoms with Gasteiger partial charge in [0.05, 0.1) is 0 Å². The Kier molecular flexibility index (Phi) is 3.93. The molecular weight excluding hydrogens is 200 g/mol. The Morgan fingerprint density at radius 1 is 1.25 bits per heavy atom. The molecule has 3 nitrogen and oxygen atoms in total. The van der Waals surface area contributed by atoms with Crippen LogP contribution in [0.3, 0.4) is 0 Å². The van der Waals surface area contributed by atoms with Crippen LogP contribution in [0.4, 0.5) is 5.69 Å². The molecule has 0 heterocycles. The van der Waals surface area contributed by atoms with Crippen molar-refractivity contribution >= 4 is 11.6 Å². The van der Waals surface area contributed by atoms with E-state index in [9.17, 15) is 4.79 Å². The van der Waals surface area contributed by atoms with Crippen molar-refractivity contribution in [3.8, 4) is 0 Å². The average molecular weight is 220 g/mol. The van der Waals surface area contributed by atoms with Gasteiger partial charge in [-0.1, -0.05) is 31.5 Å². The fourth-order valence-electron chi connectivity index (χ4n) is 1.75. The molecule has 88 valence electrons. The molecule has 0 atom stereocenters. The maximum atomic E-state index is 11.5. The zero-order chi connectivity index (χ0) is 12.2. The summed E-state index contributed by atoms with van der Waals surface area (Å²) >= 11 is 0. The fraction of sp³-hybridized carbons (Fsp3) is 0.462. The molecule has 0 radical (unpaired) electrons. The van der Waals surface area contributed by atoms with Gasteiger partial charge in [0.1, 0.15) is 5.54 Å². The molecule has 1 aromatic rings. The van der Waals surface area contributed by atoms with Gasteiger partial charge in [0, 0.05) is 5.69 Å². The van der Waals surface area contributed by atoms with Crippen molar-refractivity contribution in [3.05, 3.63) is 29.8 Å². The lowest BCUT2D eigenvalue weighted by Gasteiger charge is -2.30. The molecule has 0 aliphatic carbocycles. The van der Waals surface area contributed by atoms with Gasteiger partial charge in [0.25, 0.3) is 0 Å². The largest absolute Gasteiger partial charge is 0.371 e. The summed E-state index contributed by atoms with van der Waals surface area (Å²) in [5.41, 5.74) is 6.97. The maximum Gasteiger partial charge on any atom is 0.243 e. The van der Waals surface area contributed by atoms with Crippen LogP contribution in [0.5, 0.6) is 0 Å². The van der Waals surface area contributed by atoms with Crippen molar-refractivity contribution in [2.45, 2.75) is 39.2 Å². The van der Waals surface area contributed by atoms with E-state index in [1.54, 1.807) is 0 Å². The first-order valence-electron chi connectivity index (χ1n) is 5.69. The van der Waals surface area contributed by atoms with Gasteiger partial charge in [0.2, 0.25) is 5.91 Å². The molecule has 1 aromatic carbocycles. The van der Waals surface area contributed by atoms with E-state index in [1.807, 2.05) is 45.0 Å². The van der Waals surface area contributed by atoms with Gasteiger partial charge in [-0.3, -0.25) is 4.79 Å². The highest BCUT2D eigenvalue weighted by molar-refractivity contribution is 5.87. The van der Waals surface area contributed by atoms with Crippen molar-refractivity contribution in [1.29, 1.82) is 0 Å². The highest BCUT2D eigenvalue weighted by Crippen LogP contribution is 2.22.